The molecular weight excluding hydrogens is 150 g/mol. The van der Waals surface area contributed by atoms with Crippen molar-refractivity contribution in [1.82, 2.24) is 5.32 Å². The molecule has 0 aromatic heterocycles. The van der Waals surface area contributed by atoms with Gasteiger partial charge in [0.15, 0.2) is 0 Å². The SMILES string of the molecule is COCCC(C)CNC1CCC1. The van der Waals surface area contributed by atoms with E-state index in [-0.39, 0.29) is 0 Å². The zero-order chi connectivity index (χ0) is 8.81. The Labute approximate surface area is 75.7 Å². The molecule has 1 atom stereocenters. The van der Waals surface area contributed by atoms with Gasteiger partial charge < -0.3 is 10.1 Å². The van der Waals surface area contributed by atoms with Crippen LogP contribution in [0.25, 0.3) is 0 Å². The van der Waals surface area contributed by atoms with Crippen LogP contribution in [0.15, 0.2) is 0 Å². The van der Waals surface area contributed by atoms with Gasteiger partial charge in [0.05, 0.1) is 0 Å². The number of ether oxygens (including phenoxy) is 1. The van der Waals surface area contributed by atoms with Crippen molar-refractivity contribution in [2.45, 2.75) is 38.6 Å². The third kappa shape index (κ3) is 3.55. The molecule has 0 aromatic rings. The molecule has 72 valence electrons. The first-order chi connectivity index (χ1) is 5.83. The van der Waals surface area contributed by atoms with Gasteiger partial charge in [-0.2, -0.15) is 0 Å². The summed E-state index contributed by atoms with van der Waals surface area (Å²) in [5.41, 5.74) is 0. The summed E-state index contributed by atoms with van der Waals surface area (Å²) in [6, 6.07) is 0.829. The Balaban J connectivity index is 1.90. The average Bonchev–Trinajstić information content (AvgIpc) is 1.98. The maximum atomic E-state index is 5.03. The number of methoxy groups -OCH3 is 1. The van der Waals surface area contributed by atoms with Crippen molar-refractivity contribution in [3.8, 4) is 0 Å². The van der Waals surface area contributed by atoms with Crippen LogP contribution >= 0.6 is 0 Å². The molecule has 1 fully saturated rings. The van der Waals surface area contributed by atoms with E-state index in [0.29, 0.717) is 0 Å². The lowest BCUT2D eigenvalue weighted by molar-refractivity contribution is 0.177. The fraction of sp³-hybridized carbons (Fsp3) is 1.00. The first-order valence-corrected chi connectivity index (χ1v) is 5.05. The second-order valence-corrected chi connectivity index (χ2v) is 3.92. The molecule has 0 heterocycles. The van der Waals surface area contributed by atoms with Crippen molar-refractivity contribution in [2.24, 2.45) is 5.92 Å². The van der Waals surface area contributed by atoms with Crippen LogP contribution < -0.4 is 5.32 Å². The molecule has 0 bridgehead atoms. The lowest BCUT2D eigenvalue weighted by Crippen LogP contribution is -2.37. The summed E-state index contributed by atoms with van der Waals surface area (Å²) in [6.45, 7) is 4.34. The Bertz CT molecular complexity index is 112. The molecular formula is C10H21NO. The molecule has 0 radical (unpaired) electrons. The van der Waals surface area contributed by atoms with Gasteiger partial charge in [0.25, 0.3) is 0 Å². The summed E-state index contributed by atoms with van der Waals surface area (Å²) in [5, 5.41) is 3.57. The normalized spacial score (nSPS) is 20.5. The van der Waals surface area contributed by atoms with Gasteiger partial charge in [0.2, 0.25) is 0 Å². The molecule has 1 N–H and O–H groups in total. The standard InChI is InChI=1S/C10H21NO/c1-9(6-7-12-2)8-11-10-4-3-5-10/h9-11H,3-8H2,1-2H3. The van der Waals surface area contributed by atoms with E-state index in [9.17, 15) is 0 Å². The van der Waals surface area contributed by atoms with E-state index in [2.05, 4.69) is 12.2 Å². The molecule has 0 aliphatic heterocycles. The van der Waals surface area contributed by atoms with Crippen molar-refractivity contribution < 1.29 is 4.74 Å². The van der Waals surface area contributed by atoms with Crippen LogP contribution in [-0.2, 0) is 4.74 Å². The largest absolute Gasteiger partial charge is 0.385 e. The monoisotopic (exact) mass is 171 g/mol. The van der Waals surface area contributed by atoms with Gasteiger partial charge in [0.1, 0.15) is 0 Å². The molecule has 0 aromatic carbocycles. The smallest absolute Gasteiger partial charge is 0.0465 e. The fourth-order valence-electron chi connectivity index (χ4n) is 1.40. The highest BCUT2D eigenvalue weighted by molar-refractivity contribution is 4.76. The first-order valence-electron chi connectivity index (χ1n) is 5.05. The minimum Gasteiger partial charge on any atom is -0.385 e. The minimum absolute atomic E-state index is 0.755. The van der Waals surface area contributed by atoms with Crippen molar-refractivity contribution >= 4 is 0 Å². The molecule has 1 rings (SSSR count). The van der Waals surface area contributed by atoms with Crippen LogP contribution in [0.2, 0.25) is 0 Å². The second-order valence-electron chi connectivity index (χ2n) is 3.92. The van der Waals surface area contributed by atoms with E-state index < -0.39 is 0 Å². The van der Waals surface area contributed by atoms with Gasteiger partial charge in [-0.25, -0.2) is 0 Å². The Kier molecular flexibility index (Phi) is 4.62. The maximum absolute atomic E-state index is 5.03. The Morgan fingerprint density at radius 1 is 1.50 bits per heavy atom. The molecule has 12 heavy (non-hydrogen) atoms. The van der Waals surface area contributed by atoms with Crippen molar-refractivity contribution in [3.63, 3.8) is 0 Å². The molecule has 0 spiro atoms. The number of hydrogen-bond acceptors (Lipinski definition) is 2. The predicted octanol–water partition coefficient (Wildman–Crippen LogP) is 1.80. The summed E-state index contributed by atoms with van der Waals surface area (Å²) in [6.07, 6.45) is 5.37. The first kappa shape index (κ1) is 10.0. The predicted molar refractivity (Wildman–Crippen MR) is 51.3 cm³/mol. The van der Waals surface area contributed by atoms with Gasteiger partial charge >= 0.3 is 0 Å². The highest BCUT2D eigenvalue weighted by Gasteiger charge is 2.16. The zero-order valence-electron chi connectivity index (χ0n) is 8.31. The average molecular weight is 171 g/mol. The topological polar surface area (TPSA) is 21.3 Å². The summed E-state index contributed by atoms with van der Waals surface area (Å²) in [4.78, 5) is 0. The molecule has 0 saturated heterocycles. The number of hydrogen-bond donors (Lipinski definition) is 1. The van der Waals surface area contributed by atoms with Gasteiger partial charge in [0, 0.05) is 19.8 Å². The van der Waals surface area contributed by atoms with Crippen LogP contribution in [0.5, 0.6) is 0 Å². The Hall–Kier alpha value is -0.0800. The van der Waals surface area contributed by atoms with Gasteiger partial charge in [-0.15, -0.1) is 0 Å². The summed E-state index contributed by atoms with van der Waals surface area (Å²) in [7, 11) is 1.77. The van der Waals surface area contributed by atoms with Crippen molar-refractivity contribution in [1.29, 1.82) is 0 Å². The summed E-state index contributed by atoms with van der Waals surface area (Å²) in [5.74, 6) is 0.755. The third-order valence-corrected chi connectivity index (χ3v) is 2.67. The van der Waals surface area contributed by atoms with Gasteiger partial charge in [-0.3, -0.25) is 0 Å². The van der Waals surface area contributed by atoms with Gasteiger partial charge in [-0.05, 0) is 31.7 Å². The highest BCUT2D eigenvalue weighted by atomic mass is 16.5. The van der Waals surface area contributed by atoms with Crippen LogP contribution in [0, 0.1) is 5.92 Å². The second kappa shape index (κ2) is 5.55. The van der Waals surface area contributed by atoms with E-state index in [1.54, 1.807) is 7.11 Å². The summed E-state index contributed by atoms with van der Waals surface area (Å²) < 4.78 is 5.03. The van der Waals surface area contributed by atoms with E-state index in [4.69, 9.17) is 4.74 Å². The third-order valence-electron chi connectivity index (χ3n) is 2.67. The molecule has 1 aliphatic carbocycles. The van der Waals surface area contributed by atoms with E-state index in [1.165, 1.54) is 25.7 Å². The van der Waals surface area contributed by atoms with E-state index >= 15 is 0 Å². The van der Waals surface area contributed by atoms with Crippen LogP contribution in [-0.4, -0.2) is 26.3 Å². The Morgan fingerprint density at radius 2 is 2.25 bits per heavy atom. The minimum atomic E-state index is 0.755. The Morgan fingerprint density at radius 3 is 2.75 bits per heavy atom. The molecule has 2 nitrogen and oxygen atoms in total. The van der Waals surface area contributed by atoms with Crippen molar-refractivity contribution in [3.05, 3.63) is 0 Å². The number of rotatable bonds is 6. The van der Waals surface area contributed by atoms with Crippen molar-refractivity contribution in [2.75, 3.05) is 20.3 Å². The lowest BCUT2D eigenvalue weighted by Gasteiger charge is -2.28. The quantitative estimate of drug-likeness (QED) is 0.658. The summed E-state index contributed by atoms with van der Waals surface area (Å²) >= 11 is 0. The van der Waals surface area contributed by atoms with Crippen LogP contribution in [0.4, 0.5) is 0 Å². The lowest BCUT2D eigenvalue weighted by atomic mass is 9.92. The van der Waals surface area contributed by atoms with E-state index in [0.717, 1.165) is 25.1 Å². The van der Waals surface area contributed by atoms with Crippen LogP contribution in [0.3, 0.4) is 0 Å². The molecule has 0 amide bonds. The molecule has 1 aliphatic rings. The fourth-order valence-corrected chi connectivity index (χ4v) is 1.40. The molecule has 1 unspecified atom stereocenters. The van der Waals surface area contributed by atoms with E-state index in [1.807, 2.05) is 0 Å². The van der Waals surface area contributed by atoms with Gasteiger partial charge in [-0.1, -0.05) is 13.3 Å². The molecule has 2 heteroatoms. The molecule has 1 saturated carbocycles. The van der Waals surface area contributed by atoms with Crippen LogP contribution in [0.1, 0.15) is 32.6 Å². The number of nitrogens with one attached hydrogen (secondary N) is 1. The highest BCUT2D eigenvalue weighted by Crippen LogP contribution is 2.18. The zero-order valence-corrected chi connectivity index (χ0v) is 8.31. The maximum Gasteiger partial charge on any atom is 0.0465 e.